The minimum absolute atomic E-state index is 0.0213. The number of rotatable bonds is 15. The van der Waals surface area contributed by atoms with Crippen molar-refractivity contribution in [2.24, 2.45) is 20.5 Å². The fraction of sp³-hybridized carbons (Fsp3) is 0.162. The summed E-state index contributed by atoms with van der Waals surface area (Å²) in [6.07, 6.45) is 1.67. The SMILES string of the molecule is C=CS(=O)Oc1ccc2c(S(=O)(=O)O)c(N=Nc3c(C)cc4cc(S(=O)(=O)O)c(N=Nc5cc(Nc6nc(Cl)nc(OCCCC)n6)ccc5C)c(N)c4c3O)ccc2c1. The first-order chi connectivity index (χ1) is 28.4. The molecule has 0 saturated carbocycles. The van der Waals surface area contributed by atoms with Gasteiger partial charge in [0.15, 0.2) is 5.75 Å². The molecule has 23 heteroatoms. The van der Waals surface area contributed by atoms with E-state index in [4.69, 9.17) is 26.3 Å². The van der Waals surface area contributed by atoms with Crippen molar-refractivity contribution in [1.29, 1.82) is 0 Å². The van der Waals surface area contributed by atoms with E-state index in [2.05, 4.69) is 47.3 Å². The van der Waals surface area contributed by atoms with Crippen molar-refractivity contribution in [1.82, 2.24) is 15.0 Å². The van der Waals surface area contributed by atoms with Crippen molar-refractivity contribution < 1.29 is 44.2 Å². The molecular weight excluding hydrogens is 862 g/mol. The van der Waals surface area contributed by atoms with Gasteiger partial charge in [-0.1, -0.05) is 32.1 Å². The van der Waals surface area contributed by atoms with E-state index < -0.39 is 58.2 Å². The predicted molar refractivity (Wildman–Crippen MR) is 225 cm³/mol. The third-order valence-electron chi connectivity index (χ3n) is 8.61. The number of hydrogen-bond donors (Lipinski definition) is 5. The Labute approximate surface area is 350 Å². The minimum Gasteiger partial charge on any atom is -0.505 e. The van der Waals surface area contributed by atoms with E-state index in [0.29, 0.717) is 17.9 Å². The third-order valence-corrected chi connectivity index (χ3v) is 11.2. The third kappa shape index (κ3) is 9.65. The molecule has 0 aliphatic carbocycles. The molecule has 1 unspecified atom stereocenters. The fourth-order valence-electron chi connectivity index (χ4n) is 5.79. The van der Waals surface area contributed by atoms with Crippen LogP contribution in [0.1, 0.15) is 30.9 Å². The second kappa shape index (κ2) is 17.6. The van der Waals surface area contributed by atoms with Crippen LogP contribution >= 0.6 is 11.6 Å². The molecule has 0 fully saturated rings. The van der Waals surface area contributed by atoms with Crippen LogP contribution in [0.3, 0.4) is 0 Å². The number of ether oxygens (including phenoxy) is 1. The lowest BCUT2D eigenvalue weighted by atomic mass is 10.0. The number of halogens is 1. The van der Waals surface area contributed by atoms with Crippen LogP contribution in [-0.2, 0) is 31.3 Å². The van der Waals surface area contributed by atoms with Crippen molar-refractivity contribution >= 4 is 105 Å². The van der Waals surface area contributed by atoms with Crippen LogP contribution in [0.4, 0.5) is 40.1 Å². The molecule has 0 saturated heterocycles. The Balaban J connectivity index is 1.40. The fourth-order valence-corrected chi connectivity index (χ4v) is 7.81. The molecule has 312 valence electrons. The quantitative estimate of drug-likeness (QED) is 0.0278. The lowest BCUT2D eigenvalue weighted by Gasteiger charge is -2.14. The summed E-state index contributed by atoms with van der Waals surface area (Å²) < 4.78 is 93.6. The molecule has 0 bridgehead atoms. The molecule has 0 aliphatic rings. The molecule has 1 aromatic heterocycles. The second-order valence-corrected chi connectivity index (χ2v) is 16.9. The van der Waals surface area contributed by atoms with Gasteiger partial charge in [-0.15, -0.1) is 15.3 Å². The zero-order chi connectivity index (χ0) is 43.5. The first kappa shape index (κ1) is 43.4. The first-order valence-corrected chi connectivity index (χ1v) is 21.8. The molecule has 0 spiro atoms. The maximum Gasteiger partial charge on any atom is 0.322 e. The summed E-state index contributed by atoms with van der Waals surface area (Å²) in [6, 6.07) is 14.1. The van der Waals surface area contributed by atoms with Crippen molar-refractivity contribution in [2.45, 2.75) is 43.4 Å². The van der Waals surface area contributed by atoms with E-state index in [-0.39, 0.29) is 67.2 Å². The Morgan fingerprint density at radius 2 is 1.62 bits per heavy atom. The van der Waals surface area contributed by atoms with Gasteiger partial charge in [-0.25, -0.2) is 4.21 Å². The van der Waals surface area contributed by atoms with E-state index in [0.717, 1.165) is 24.3 Å². The highest BCUT2D eigenvalue weighted by molar-refractivity contribution is 7.86. The molecule has 1 atom stereocenters. The van der Waals surface area contributed by atoms with Gasteiger partial charge >= 0.3 is 6.01 Å². The number of aromatic hydroxyl groups is 1. The van der Waals surface area contributed by atoms with Crippen LogP contribution < -0.4 is 20.0 Å². The molecule has 60 heavy (non-hydrogen) atoms. The number of nitrogens with one attached hydrogen (secondary N) is 1. The number of fused-ring (bicyclic) bond motifs is 2. The highest BCUT2D eigenvalue weighted by Gasteiger charge is 2.25. The summed E-state index contributed by atoms with van der Waals surface area (Å²) in [5.74, 6) is -0.406. The van der Waals surface area contributed by atoms with E-state index in [1.807, 2.05) is 6.92 Å². The van der Waals surface area contributed by atoms with Gasteiger partial charge in [-0.05, 0) is 102 Å². The van der Waals surface area contributed by atoms with Gasteiger partial charge in [0.2, 0.25) is 22.3 Å². The van der Waals surface area contributed by atoms with Gasteiger partial charge < -0.3 is 25.1 Å². The summed E-state index contributed by atoms with van der Waals surface area (Å²) in [4.78, 5) is 10.9. The number of nitrogen functional groups attached to an aromatic ring is 1. The van der Waals surface area contributed by atoms with Crippen LogP contribution in [0.5, 0.6) is 17.5 Å². The summed E-state index contributed by atoms with van der Waals surface area (Å²) in [6.45, 7) is 8.97. The number of nitrogens with zero attached hydrogens (tertiary/aromatic N) is 7. The van der Waals surface area contributed by atoms with E-state index >= 15 is 0 Å². The molecule has 19 nitrogen and oxygen atoms in total. The molecule has 1 heterocycles. The van der Waals surface area contributed by atoms with E-state index in [9.17, 15) is 35.3 Å². The van der Waals surface area contributed by atoms with Gasteiger partial charge in [0, 0.05) is 16.5 Å². The number of unbranched alkanes of at least 4 members (excludes halogenated alkanes) is 1. The summed E-state index contributed by atoms with van der Waals surface area (Å²) in [5, 5.41) is 32.2. The minimum atomic E-state index is -4.98. The number of hydrogen-bond acceptors (Lipinski definition) is 17. The lowest BCUT2D eigenvalue weighted by Crippen LogP contribution is -2.05. The van der Waals surface area contributed by atoms with Crippen LogP contribution in [0.2, 0.25) is 5.28 Å². The maximum absolute atomic E-state index is 12.7. The van der Waals surface area contributed by atoms with Crippen LogP contribution in [0, 0.1) is 13.8 Å². The number of phenolic OH excluding ortho intramolecular Hbond substituents is 1. The van der Waals surface area contributed by atoms with Gasteiger partial charge in [0.05, 0.1) is 23.4 Å². The monoisotopic (exact) mass is 895 g/mol. The number of anilines is 3. The standard InChI is InChI=1S/C37H34ClN9O10S3/c1-5-7-14-56-37-42-35(38)41-36(43-37)40-23-10-8-19(3)27(18-23)45-47-32-28(59(50,51)52)17-22-15-20(4)31(33(48)29(22)30(32)39)46-44-26-13-9-21-16-24(57-58(49)6-2)11-12-25(21)34(26)60(53,54)55/h6,8-13,15-18,48H,2,5,7,14,39H2,1,3-4H3,(H,50,51,52)(H,53,54,55)(H,40,41,42,43). The number of benzene rings is 5. The largest absolute Gasteiger partial charge is 0.505 e. The Bertz CT molecular complexity index is 3020. The van der Waals surface area contributed by atoms with Crippen LogP contribution in [0.15, 0.2) is 103 Å². The van der Waals surface area contributed by atoms with Crippen molar-refractivity contribution in [3.05, 3.63) is 89.1 Å². The number of nitrogens with two attached hydrogens (primary N) is 1. The van der Waals surface area contributed by atoms with Crippen molar-refractivity contribution in [3.8, 4) is 17.5 Å². The van der Waals surface area contributed by atoms with Gasteiger partial charge in [0.25, 0.3) is 20.2 Å². The molecule has 6 rings (SSSR count). The van der Waals surface area contributed by atoms with Crippen molar-refractivity contribution in [2.75, 3.05) is 17.7 Å². The number of aromatic nitrogens is 3. The summed E-state index contributed by atoms with van der Waals surface area (Å²) in [7, 11) is -9.91. The Kier molecular flexibility index (Phi) is 12.7. The maximum atomic E-state index is 12.7. The molecule has 0 amide bonds. The predicted octanol–water partition coefficient (Wildman–Crippen LogP) is 9.17. The Morgan fingerprint density at radius 1 is 0.883 bits per heavy atom. The molecule has 0 aliphatic heterocycles. The molecule has 5 aromatic carbocycles. The van der Waals surface area contributed by atoms with Crippen LogP contribution in [-0.4, -0.2) is 56.8 Å². The normalized spacial score (nSPS) is 12.7. The highest BCUT2D eigenvalue weighted by atomic mass is 35.5. The molecule has 6 aromatic rings. The number of azo groups is 2. The average molecular weight is 896 g/mol. The highest BCUT2D eigenvalue weighted by Crippen LogP contribution is 2.47. The summed E-state index contributed by atoms with van der Waals surface area (Å²) in [5.41, 5.74) is 6.47. The Hall–Kier alpha value is -6.17. The van der Waals surface area contributed by atoms with E-state index in [1.165, 1.54) is 43.3 Å². The topological polar surface area (TPSA) is 291 Å². The molecule has 0 radical (unpaired) electrons. The van der Waals surface area contributed by atoms with Crippen LogP contribution in [0.25, 0.3) is 21.5 Å². The summed E-state index contributed by atoms with van der Waals surface area (Å²) >= 11 is 4.22. The Morgan fingerprint density at radius 3 is 2.32 bits per heavy atom. The van der Waals surface area contributed by atoms with Gasteiger partial charge in [0.1, 0.15) is 32.6 Å². The van der Waals surface area contributed by atoms with Gasteiger partial charge in [-0.3, -0.25) is 9.11 Å². The average Bonchev–Trinajstić information content (AvgIpc) is 3.17. The smallest absolute Gasteiger partial charge is 0.322 e. The van der Waals surface area contributed by atoms with Gasteiger partial charge in [-0.2, -0.15) is 36.9 Å². The molecule has 6 N–H and O–H groups in total. The zero-order valence-corrected chi connectivity index (χ0v) is 34.9. The second-order valence-electron chi connectivity index (χ2n) is 12.8. The number of phenols is 1. The van der Waals surface area contributed by atoms with Crippen molar-refractivity contribution in [3.63, 3.8) is 0 Å². The lowest BCUT2D eigenvalue weighted by molar-refractivity contribution is 0.285. The first-order valence-electron chi connectivity index (χ1n) is 17.5. The zero-order valence-electron chi connectivity index (χ0n) is 31.7. The number of aryl methyl sites for hydroxylation is 2. The molecular formula is C37H34ClN9O10S3. The van der Waals surface area contributed by atoms with E-state index in [1.54, 1.807) is 25.1 Å².